The van der Waals surface area contributed by atoms with Crippen molar-refractivity contribution in [1.82, 2.24) is 15.2 Å². The van der Waals surface area contributed by atoms with Crippen LogP contribution in [0.2, 0.25) is 0 Å². The van der Waals surface area contributed by atoms with Crippen molar-refractivity contribution < 1.29 is 5.11 Å². The molecule has 0 spiro atoms. The predicted molar refractivity (Wildman–Crippen MR) is 71.1 cm³/mol. The summed E-state index contributed by atoms with van der Waals surface area (Å²) in [5.74, 6) is 0.765. The van der Waals surface area contributed by atoms with Crippen molar-refractivity contribution in [2.45, 2.75) is 17.1 Å². The second-order valence-corrected chi connectivity index (χ2v) is 5.15. The van der Waals surface area contributed by atoms with Crippen molar-refractivity contribution in [3.05, 3.63) is 42.2 Å². The van der Waals surface area contributed by atoms with Crippen molar-refractivity contribution in [1.29, 1.82) is 0 Å². The zero-order valence-corrected chi connectivity index (χ0v) is 10.7. The van der Waals surface area contributed by atoms with Gasteiger partial charge in [0.25, 0.3) is 0 Å². The summed E-state index contributed by atoms with van der Waals surface area (Å²) in [7, 11) is 0. The molecule has 1 heterocycles. The first kappa shape index (κ1) is 13.1. The first-order valence-electron chi connectivity index (χ1n) is 5.68. The van der Waals surface area contributed by atoms with E-state index in [4.69, 9.17) is 5.73 Å². The van der Waals surface area contributed by atoms with E-state index in [9.17, 15) is 5.11 Å². The number of nitrogens with two attached hydrogens (primary N) is 1. The molecular weight excluding hydrogens is 248 g/mol. The Kier molecular flexibility index (Phi) is 4.35. The van der Waals surface area contributed by atoms with E-state index in [1.165, 1.54) is 6.33 Å². The Bertz CT molecular complexity index is 462. The number of H-pyrrole nitrogens is 1. The maximum Gasteiger partial charge on any atom is 0.183 e. The van der Waals surface area contributed by atoms with E-state index in [1.807, 2.05) is 30.3 Å². The van der Waals surface area contributed by atoms with E-state index < -0.39 is 5.54 Å². The smallest absolute Gasteiger partial charge is 0.183 e. The minimum atomic E-state index is -0.700. The molecule has 4 N–H and O–H groups in total. The quantitative estimate of drug-likeness (QED) is 0.681. The third-order valence-corrected chi connectivity index (χ3v) is 3.69. The third-order valence-electron chi connectivity index (χ3n) is 2.81. The number of aliphatic hydroxyl groups excluding tert-OH is 1. The van der Waals surface area contributed by atoms with E-state index >= 15 is 0 Å². The lowest BCUT2D eigenvalue weighted by Crippen LogP contribution is -2.41. The fourth-order valence-corrected chi connectivity index (χ4v) is 2.58. The second-order valence-electron chi connectivity index (χ2n) is 4.07. The third kappa shape index (κ3) is 3.10. The molecule has 0 bridgehead atoms. The van der Waals surface area contributed by atoms with Gasteiger partial charge in [0.2, 0.25) is 0 Å². The fourth-order valence-electron chi connectivity index (χ4n) is 1.68. The molecule has 0 amide bonds. The molecule has 1 atom stereocenters. The average molecular weight is 264 g/mol. The van der Waals surface area contributed by atoms with Gasteiger partial charge in [-0.1, -0.05) is 42.1 Å². The molecule has 1 aromatic heterocycles. The van der Waals surface area contributed by atoms with Gasteiger partial charge in [-0.05, 0) is 12.0 Å². The molecule has 0 aliphatic carbocycles. The molecule has 18 heavy (non-hydrogen) atoms. The van der Waals surface area contributed by atoms with Gasteiger partial charge < -0.3 is 10.8 Å². The number of rotatable bonds is 6. The number of aromatic nitrogens is 3. The number of aliphatic hydroxyl groups is 1. The summed E-state index contributed by atoms with van der Waals surface area (Å²) in [6.45, 7) is -0.0754. The molecule has 0 saturated heterocycles. The Morgan fingerprint density at radius 1 is 1.33 bits per heavy atom. The van der Waals surface area contributed by atoms with E-state index in [0.717, 1.165) is 16.5 Å². The minimum absolute atomic E-state index is 0.0754. The fraction of sp³-hybridized carbons (Fsp3) is 0.333. The van der Waals surface area contributed by atoms with Crippen LogP contribution < -0.4 is 5.73 Å². The largest absolute Gasteiger partial charge is 0.394 e. The predicted octanol–water partition coefficient (Wildman–Crippen LogP) is 1.13. The van der Waals surface area contributed by atoms with Crippen molar-refractivity contribution in [2.24, 2.45) is 5.73 Å². The zero-order valence-electron chi connectivity index (χ0n) is 9.91. The topological polar surface area (TPSA) is 87.8 Å². The number of nitrogens with zero attached hydrogens (tertiary/aromatic N) is 2. The van der Waals surface area contributed by atoms with Crippen LogP contribution in [0.3, 0.4) is 0 Å². The number of thioether (sulfide) groups is 1. The molecule has 2 aromatic rings. The molecule has 0 radical (unpaired) electrons. The molecule has 0 aliphatic heterocycles. The molecule has 2 rings (SSSR count). The number of benzene rings is 1. The highest BCUT2D eigenvalue weighted by atomic mass is 32.2. The Morgan fingerprint density at radius 2 is 2.11 bits per heavy atom. The normalized spacial score (nSPS) is 14.3. The van der Waals surface area contributed by atoms with E-state index in [-0.39, 0.29) is 6.61 Å². The van der Waals surface area contributed by atoms with Crippen LogP contribution in [0.1, 0.15) is 12.0 Å². The summed E-state index contributed by atoms with van der Waals surface area (Å²) in [6.07, 6.45) is 2.14. The molecule has 6 heteroatoms. The van der Waals surface area contributed by atoms with Crippen molar-refractivity contribution in [3.8, 4) is 0 Å². The first-order chi connectivity index (χ1) is 8.74. The van der Waals surface area contributed by atoms with Crippen molar-refractivity contribution >= 4 is 11.8 Å². The van der Waals surface area contributed by atoms with Gasteiger partial charge in [-0.2, -0.15) is 5.10 Å². The summed E-state index contributed by atoms with van der Waals surface area (Å²) in [4.78, 5) is 4.03. The van der Waals surface area contributed by atoms with E-state index in [0.29, 0.717) is 6.42 Å². The van der Waals surface area contributed by atoms with Gasteiger partial charge in [-0.15, -0.1) is 0 Å². The molecule has 0 fully saturated rings. The van der Waals surface area contributed by atoms with Crippen LogP contribution in [0.5, 0.6) is 0 Å². The van der Waals surface area contributed by atoms with Gasteiger partial charge in [-0.25, -0.2) is 4.98 Å². The highest BCUT2D eigenvalue weighted by molar-refractivity contribution is 7.99. The van der Waals surface area contributed by atoms with Crippen LogP contribution in [0.25, 0.3) is 0 Å². The summed E-state index contributed by atoms with van der Waals surface area (Å²) in [5, 5.41) is 16.9. The molecular formula is C12H16N4OS. The molecule has 1 aromatic carbocycles. The Balaban J connectivity index is 1.96. The lowest BCUT2D eigenvalue weighted by atomic mass is 9.89. The van der Waals surface area contributed by atoms with Crippen molar-refractivity contribution in [3.63, 3.8) is 0 Å². The Labute approximate surface area is 110 Å². The zero-order chi connectivity index (χ0) is 12.8. The monoisotopic (exact) mass is 264 g/mol. The standard InChI is InChI=1S/C12H16N4OS/c13-12(8-17,10-4-2-1-3-5-10)6-7-18-11-14-9-15-16-11/h1-5,9,17H,6-8,13H2,(H,14,15,16). The Morgan fingerprint density at radius 3 is 2.72 bits per heavy atom. The SMILES string of the molecule is NC(CO)(CCSc1ncn[nH]1)c1ccccc1. The van der Waals surface area contributed by atoms with E-state index in [1.54, 1.807) is 11.8 Å². The second kappa shape index (κ2) is 5.99. The van der Waals surface area contributed by atoms with Crippen LogP contribution in [0.15, 0.2) is 41.8 Å². The summed E-state index contributed by atoms with van der Waals surface area (Å²) in [6, 6.07) is 9.67. The molecule has 0 saturated carbocycles. The number of hydrogen-bond acceptors (Lipinski definition) is 5. The van der Waals surface area contributed by atoms with Gasteiger partial charge in [0, 0.05) is 5.75 Å². The molecule has 96 valence electrons. The van der Waals surface area contributed by atoms with Crippen LogP contribution in [0.4, 0.5) is 0 Å². The van der Waals surface area contributed by atoms with Crippen molar-refractivity contribution in [2.75, 3.05) is 12.4 Å². The van der Waals surface area contributed by atoms with Crippen LogP contribution in [-0.4, -0.2) is 32.6 Å². The minimum Gasteiger partial charge on any atom is -0.394 e. The van der Waals surface area contributed by atoms with Gasteiger partial charge in [-0.3, -0.25) is 5.10 Å². The molecule has 0 aliphatic rings. The number of nitrogens with one attached hydrogen (secondary N) is 1. The lowest BCUT2D eigenvalue weighted by Gasteiger charge is -2.27. The van der Waals surface area contributed by atoms with Gasteiger partial charge in [0.1, 0.15) is 6.33 Å². The average Bonchev–Trinajstić information content (AvgIpc) is 2.93. The molecule has 1 unspecified atom stereocenters. The highest BCUT2D eigenvalue weighted by Crippen LogP contribution is 2.25. The first-order valence-corrected chi connectivity index (χ1v) is 6.66. The van der Waals surface area contributed by atoms with Gasteiger partial charge in [0.15, 0.2) is 5.16 Å². The van der Waals surface area contributed by atoms with Crippen LogP contribution in [0, 0.1) is 0 Å². The van der Waals surface area contributed by atoms with E-state index in [2.05, 4.69) is 15.2 Å². The van der Waals surface area contributed by atoms with Gasteiger partial charge >= 0.3 is 0 Å². The lowest BCUT2D eigenvalue weighted by molar-refractivity contribution is 0.193. The number of hydrogen-bond donors (Lipinski definition) is 3. The van der Waals surface area contributed by atoms with Gasteiger partial charge in [0.05, 0.1) is 12.1 Å². The summed E-state index contributed by atoms with van der Waals surface area (Å²) < 4.78 is 0. The maximum absolute atomic E-state index is 9.53. The molecule has 5 nitrogen and oxygen atoms in total. The Hall–Kier alpha value is -1.37. The maximum atomic E-state index is 9.53. The van der Waals surface area contributed by atoms with Crippen LogP contribution >= 0.6 is 11.8 Å². The number of aromatic amines is 1. The summed E-state index contributed by atoms with van der Waals surface area (Å²) in [5.41, 5.74) is 6.50. The summed E-state index contributed by atoms with van der Waals surface area (Å²) >= 11 is 1.54. The van der Waals surface area contributed by atoms with Crippen LogP contribution in [-0.2, 0) is 5.54 Å². The highest BCUT2D eigenvalue weighted by Gasteiger charge is 2.25.